The van der Waals surface area contributed by atoms with E-state index in [0.717, 1.165) is 6.04 Å². The molecule has 0 radical (unpaired) electrons. The lowest BCUT2D eigenvalue weighted by Gasteiger charge is -2.20. The second-order valence-electron chi connectivity index (χ2n) is 5.14. The van der Waals surface area contributed by atoms with Crippen molar-refractivity contribution >= 4 is 0 Å². The van der Waals surface area contributed by atoms with Crippen molar-refractivity contribution in [2.75, 3.05) is 26.7 Å². The number of hydrogen-bond donors (Lipinski definition) is 1. The highest BCUT2D eigenvalue weighted by Gasteiger charge is 2.15. The third-order valence-electron chi connectivity index (χ3n) is 3.54. The average molecular weight is 232 g/mol. The molecule has 2 nitrogen and oxygen atoms in total. The van der Waals surface area contributed by atoms with Gasteiger partial charge in [0.2, 0.25) is 0 Å². The van der Waals surface area contributed by atoms with Gasteiger partial charge in [0.05, 0.1) is 0 Å². The van der Waals surface area contributed by atoms with Gasteiger partial charge in [0.1, 0.15) is 0 Å². The summed E-state index contributed by atoms with van der Waals surface area (Å²) in [5.74, 6) is 0. The second kappa shape index (κ2) is 6.77. The van der Waals surface area contributed by atoms with E-state index in [1.165, 1.54) is 50.9 Å². The van der Waals surface area contributed by atoms with Crippen LogP contribution in [-0.2, 0) is 6.42 Å². The fraction of sp³-hybridized carbons (Fsp3) is 0.600. The highest BCUT2D eigenvalue weighted by Crippen LogP contribution is 2.07. The van der Waals surface area contributed by atoms with Crippen LogP contribution in [0.15, 0.2) is 30.3 Å². The van der Waals surface area contributed by atoms with E-state index in [1.54, 1.807) is 0 Å². The van der Waals surface area contributed by atoms with Crippen molar-refractivity contribution < 1.29 is 0 Å². The Morgan fingerprint density at radius 2 is 2.12 bits per heavy atom. The molecular formula is C15H24N2. The van der Waals surface area contributed by atoms with Gasteiger partial charge in [-0.2, -0.15) is 0 Å². The maximum Gasteiger partial charge on any atom is 0.0195 e. The molecule has 2 heteroatoms. The Bertz CT molecular complexity index is 304. The molecule has 1 aromatic rings. The van der Waals surface area contributed by atoms with Gasteiger partial charge in [-0.3, -0.25) is 0 Å². The predicted octanol–water partition coefficient (Wildman–Crippen LogP) is 2.30. The van der Waals surface area contributed by atoms with E-state index in [-0.39, 0.29) is 0 Å². The van der Waals surface area contributed by atoms with Crippen LogP contribution in [0.5, 0.6) is 0 Å². The summed E-state index contributed by atoms with van der Waals surface area (Å²) in [5, 5.41) is 3.55. The third kappa shape index (κ3) is 4.49. The average Bonchev–Trinajstić information content (AvgIpc) is 2.83. The van der Waals surface area contributed by atoms with Crippen molar-refractivity contribution in [2.24, 2.45) is 0 Å². The lowest BCUT2D eigenvalue weighted by molar-refractivity contribution is 0.297. The van der Waals surface area contributed by atoms with E-state index in [1.807, 2.05) is 0 Å². The summed E-state index contributed by atoms with van der Waals surface area (Å²) < 4.78 is 0. The van der Waals surface area contributed by atoms with Crippen LogP contribution in [0, 0.1) is 0 Å². The van der Waals surface area contributed by atoms with Crippen molar-refractivity contribution in [1.29, 1.82) is 0 Å². The zero-order chi connectivity index (χ0) is 11.9. The molecule has 94 valence electrons. The van der Waals surface area contributed by atoms with Gasteiger partial charge < -0.3 is 10.2 Å². The molecule has 0 bridgehead atoms. The van der Waals surface area contributed by atoms with Crippen molar-refractivity contribution in [1.82, 2.24) is 10.2 Å². The minimum atomic E-state index is 0.733. The maximum absolute atomic E-state index is 3.55. The number of rotatable bonds is 6. The summed E-state index contributed by atoms with van der Waals surface area (Å²) in [7, 11) is 2.24. The number of nitrogens with one attached hydrogen (secondary N) is 1. The Balaban J connectivity index is 1.61. The quantitative estimate of drug-likeness (QED) is 0.809. The van der Waals surface area contributed by atoms with Crippen LogP contribution < -0.4 is 5.32 Å². The molecule has 1 heterocycles. The molecule has 2 rings (SSSR count). The largest absolute Gasteiger partial charge is 0.313 e. The summed E-state index contributed by atoms with van der Waals surface area (Å²) in [4.78, 5) is 2.46. The van der Waals surface area contributed by atoms with Crippen LogP contribution >= 0.6 is 0 Å². The monoisotopic (exact) mass is 232 g/mol. The number of benzene rings is 1. The van der Waals surface area contributed by atoms with E-state index in [2.05, 4.69) is 47.6 Å². The van der Waals surface area contributed by atoms with E-state index in [4.69, 9.17) is 0 Å². The molecular weight excluding hydrogens is 208 g/mol. The minimum Gasteiger partial charge on any atom is -0.313 e. The fourth-order valence-electron chi connectivity index (χ4n) is 2.58. The van der Waals surface area contributed by atoms with Gasteiger partial charge in [-0.25, -0.2) is 0 Å². The van der Waals surface area contributed by atoms with Gasteiger partial charge in [0, 0.05) is 12.6 Å². The van der Waals surface area contributed by atoms with Crippen molar-refractivity contribution in [3.8, 4) is 0 Å². The zero-order valence-corrected chi connectivity index (χ0v) is 10.9. The summed E-state index contributed by atoms with van der Waals surface area (Å²) in [6.07, 6.45) is 5.15. The first-order chi connectivity index (χ1) is 8.34. The van der Waals surface area contributed by atoms with Gasteiger partial charge in [0.25, 0.3) is 0 Å². The molecule has 0 aromatic heterocycles. The zero-order valence-electron chi connectivity index (χ0n) is 10.9. The molecule has 1 aromatic carbocycles. The summed E-state index contributed by atoms with van der Waals surface area (Å²) >= 11 is 0. The van der Waals surface area contributed by atoms with Crippen LogP contribution in [0.1, 0.15) is 24.8 Å². The van der Waals surface area contributed by atoms with Gasteiger partial charge in [-0.1, -0.05) is 30.3 Å². The fourth-order valence-corrected chi connectivity index (χ4v) is 2.58. The Morgan fingerprint density at radius 3 is 2.82 bits per heavy atom. The SMILES string of the molecule is CN(CCCc1ccccc1)CC1CCCN1. The Kier molecular flexibility index (Phi) is 5.02. The van der Waals surface area contributed by atoms with Crippen molar-refractivity contribution in [3.05, 3.63) is 35.9 Å². The molecule has 1 unspecified atom stereocenters. The molecule has 1 saturated heterocycles. The van der Waals surface area contributed by atoms with Gasteiger partial charge >= 0.3 is 0 Å². The molecule has 0 saturated carbocycles. The molecule has 0 spiro atoms. The van der Waals surface area contributed by atoms with Crippen LogP contribution in [0.4, 0.5) is 0 Å². The molecule has 1 aliphatic heterocycles. The number of nitrogens with zero attached hydrogens (tertiary/aromatic N) is 1. The lowest BCUT2D eigenvalue weighted by Crippen LogP contribution is -2.35. The molecule has 0 aliphatic carbocycles. The molecule has 1 N–H and O–H groups in total. The molecule has 1 atom stereocenters. The molecule has 0 amide bonds. The summed E-state index contributed by atoms with van der Waals surface area (Å²) in [5.41, 5.74) is 1.46. The summed E-state index contributed by atoms with van der Waals surface area (Å²) in [6.45, 7) is 3.62. The first-order valence-electron chi connectivity index (χ1n) is 6.80. The van der Waals surface area contributed by atoms with Gasteiger partial charge in [-0.15, -0.1) is 0 Å². The second-order valence-corrected chi connectivity index (χ2v) is 5.14. The van der Waals surface area contributed by atoms with Crippen LogP contribution in [-0.4, -0.2) is 37.6 Å². The Labute approximate surface area is 105 Å². The lowest BCUT2D eigenvalue weighted by atomic mass is 10.1. The van der Waals surface area contributed by atoms with E-state index < -0.39 is 0 Å². The third-order valence-corrected chi connectivity index (χ3v) is 3.54. The molecule has 17 heavy (non-hydrogen) atoms. The number of likely N-dealkylation sites (N-methyl/N-ethyl adjacent to an activating group) is 1. The molecule has 1 aliphatic rings. The minimum absolute atomic E-state index is 0.733. The van der Waals surface area contributed by atoms with E-state index >= 15 is 0 Å². The van der Waals surface area contributed by atoms with Crippen molar-refractivity contribution in [3.63, 3.8) is 0 Å². The topological polar surface area (TPSA) is 15.3 Å². The number of aryl methyl sites for hydroxylation is 1. The highest BCUT2D eigenvalue weighted by atomic mass is 15.1. The highest BCUT2D eigenvalue weighted by molar-refractivity contribution is 5.14. The first kappa shape index (κ1) is 12.6. The maximum atomic E-state index is 3.55. The van der Waals surface area contributed by atoms with Crippen molar-refractivity contribution in [2.45, 2.75) is 31.7 Å². The molecule has 1 fully saturated rings. The van der Waals surface area contributed by atoms with Gasteiger partial charge in [-0.05, 0) is 51.4 Å². The van der Waals surface area contributed by atoms with E-state index in [0.29, 0.717) is 0 Å². The van der Waals surface area contributed by atoms with Crippen LogP contribution in [0.25, 0.3) is 0 Å². The smallest absolute Gasteiger partial charge is 0.0195 e. The first-order valence-corrected chi connectivity index (χ1v) is 6.80. The normalized spacial score (nSPS) is 20.0. The Morgan fingerprint density at radius 1 is 1.29 bits per heavy atom. The van der Waals surface area contributed by atoms with Gasteiger partial charge in [0.15, 0.2) is 0 Å². The van der Waals surface area contributed by atoms with E-state index in [9.17, 15) is 0 Å². The summed E-state index contributed by atoms with van der Waals surface area (Å²) in [6, 6.07) is 11.5. The van der Waals surface area contributed by atoms with Crippen LogP contribution in [0.3, 0.4) is 0 Å². The standard InChI is InChI=1S/C15H24N2/c1-17(13-15-10-5-11-16-15)12-6-9-14-7-3-2-4-8-14/h2-4,7-8,15-16H,5-6,9-13H2,1H3. The number of hydrogen-bond acceptors (Lipinski definition) is 2. The Hall–Kier alpha value is -0.860. The predicted molar refractivity (Wildman–Crippen MR) is 73.3 cm³/mol. The van der Waals surface area contributed by atoms with Crippen LogP contribution in [0.2, 0.25) is 0 Å².